The van der Waals surface area contributed by atoms with Gasteiger partial charge in [0.15, 0.2) is 0 Å². The van der Waals surface area contributed by atoms with Gasteiger partial charge < -0.3 is 0 Å². The molecule has 0 aromatic rings. The molecule has 4 saturated carbocycles. The minimum Gasteiger partial charge on any atom is -0.103 e. The van der Waals surface area contributed by atoms with E-state index >= 15 is 0 Å². The van der Waals surface area contributed by atoms with E-state index in [2.05, 4.69) is 50.8 Å². The largest absolute Gasteiger partial charge is 0.103 e. The van der Waals surface area contributed by atoms with Crippen molar-refractivity contribution in [2.45, 2.75) is 71.6 Å². The van der Waals surface area contributed by atoms with E-state index in [1.165, 1.54) is 51.4 Å². The van der Waals surface area contributed by atoms with Crippen molar-refractivity contribution >= 4 is 0 Å². The molecule has 144 valence electrons. The van der Waals surface area contributed by atoms with Gasteiger partial charge in [0.1, 0.15) is 0 Å². The zero-order valence-corrected chi connectivity index (χ0v) is 17.2. The predicted octanol–water partition coefficient (Wildman–Crippen LogP) is 7.44. The number of allylic oxidation sites excluding steroid dienone is 5. The van der Waals surface area contributed by atoms with Crippen LogP contribution in [-0.4, -0.2) is 0 Å². The second-order valence-electron chi connectivity index (χ2n) is 10.1. The Balaban J connectivity index is 1.42. The van der Waals surface area contributed by atoms with Crippen molar-refractivity contribution in [2.75, 3.05) is 0 Å². The zero-order valence-electron chi connectivity index (χ0n) is 17.2. The van der Waals surface area contributed by atoms with Gasteiger partial charge in [0.05, 0.1) is 0 Å². The van der Waals surface area contributed by atoms with Gasteiger partial charge in [-0.1, -0.05) is 57.1 Å². The molecule has 0 heteroatoms. The Kier molecular flexibility index (Phi) is 5.77. The number of fused-ring (bicyclic) bond motifs is 5. The Labute approximate surface area is 162 Å². The highest BCUT2D eigenvalue weighted by atomic mass is 14.6. The van der Waals surface area contributed by atoms with E-state index in [0.717, 1.165) is 53.3 Å². The van der Waals surface area contributed by atoms with Gasteiger partial charge in [-0.2, -0.15) is 0 Å². The monoisotopic (exact) mass is 352 g/mol. The third kappa shape index (κ3) is 3.50. The van der Waals surface area contributed by atoms with Crippen molar-refractivity contribution in [1.29, 1.82) is 0 Å². The fourth-order valence-corrected chi connectivity index (χ4v) is 7.40. The molecule has 4 rings (SSSR count). The molecule has 26 heavy (non-hydrogen) atoms. The molecule has 9 unspecified atom stereocenters. The van der Waals surface area contributed by atoms with Gasteiger partial charge in [0.25, 0.3) is 0 Å². The van der Waals surface area contributed by atoms with E-state index in [4.69, 9.17) is 0 Å². The Morgan fingerprint density at radius 2 is 1.58 bits per heavy atom. The van der Waals surface area contributed by atoms with Crippen molar-refractivity contribution in [3.05, 3.63) is 37.0 Å². The van der Waals surface area contributed by atoms with Gasteiger partial charge >= 0.3 is 0 Å². The first kappa shape index (κ1) is 18.6. The molecule has 0 radical (unpaired) electrons. The van der Waals surface area contributed by atoms with Crippen LogP contribution in [0.4, 0.5) is 0 Å². The van der Waals surface area contributed by atoms with E-state index in [1.54, 1.807) is 6.42 Å². The van der Waals surface area contributed by atoms with Gasteiger partial charge in [-0.25, -0.2) is 0 Å². The first-order chi connectivity index (χ1) is 12.7. The van der Waals surface area contributed by atoms with Crippen LogP contribution in [0.5, 0.6) is 0 Å². The topological polar surface area (TPSA) is 0 Å². The maximum absolute atomic E-state index is 4.05. The van der Waals surface area contributed by atoms with Crippen LogP contribution in [-0.2, 0) is 0 Å². The van der Waals surface area contributed by atoms with Crippen molar-refractivity contribution in [1.82, 2.24) is 0 Å². The highest BCUT2D eigenvalue weighted by Gasteiger charge is 2.55. The van der Waals surface area contributed by atoms with Crippen LogP contribution in [0.15, 0.2) is 37.0 Å². The average molecular weight is 353 g/mol. The Morgan fingerprint density at radius 1 is 0.846 bits per heavy atom. The third-order valence-corrected chi connectivity index (χ3v) is 8.60. The highest BCUT2D eigenvalue weighted by molar-refractivity contribution is 5.15. The molecule has 0 spiro atoms. The van der Waals surface area contributed by atoms with Crippen LogP contribution in [0.1, 0.15) is 71.6 Å². The van der Waals surface area contributed by atoms with Gasteiger partial charge in [-0.05, 0) is 98.2 Å². The second-order valence-corrected chi connectivity index (χ2v) is 10.1. The number of hydrogen-bond donors (Lipinski definition) is 0. The fraction of sp³-hybridized carbons (Fsp3) is 0.769. The fourth-order valence-electron chi connectivity index (χ4n) is 7.40. The van der Waals surface area contributed by atoms with Crippen molar-refractivity contribution in [3.8, 4) is 0 Å². The van der Waals surface area contributed by atoms with Gasteiger partial charge in [-0.15, -0.1) is 6.58 Å². The molecule has 0 nitrogen and oxygen atoms in total. The van der Waals surface area contributed by atoms with E-state index in [9.17, 15) is 0 Å². The molecule has 4 aliphatic rings. The number of unbranched alkanes of at least 4 members (excludes halogenated alkanes) is 2. The summed E-state index contributed by atoms with van der Waals surface area (Å²) in [6, 6.07) is 0. The minimum absolute atomic E-state index is 0.748. The van der Waals surface area contributed by atoms with Gasteiger partial charge in [0.2, 0.25) is 0 Å². The SMILES string of the molecule is C=CC1CC(/C=C\C2CC(/C=C/CCCC)C3C4CCC(C4)C23)CC1C. The van der Waals surface area contributed by atoms with Gasteiger partial charge in [0, 0.05) is 0 Å². The molecule has 4 aliphatic carbocycles. The van der Waals surface area contributed by atoms with Crippen LogP contribution in [0.2, 0.25) is 0 Å². The van der Waals surface area contributed by atoms with Crippen molar-refractivity contribution < 1.29 is 0 Å². The van der Waals surface area contributed by atoms with Crippen LogP contribution in [0.3, 0.4) is 0 Å². The lowest BCUT2D eigenvalue weighted by Gasteiger charge is -2.29. The molecule has 0 amide bonds. The predicted molar refractivity (Wildman–Crippen MR) is 113 cm³/mol. The molecule has 0 aromatic heterocycles. The van der Waals surface area contributed by atoms with Crippen LogP contribution in [0, 0.1) is 53.3 Å². The lowest BCUT2D eigenvalue weighted by molar-refractivity contribution is 0.215. The molecule has 9 atom stereocenters. The molecular weight excluding hydrogens is 312 g/mol. The van der Waals surface area contributed by atoms with E-state index in [1.807, 2.05) is 0 Å². The molecule has 0 N–H and O–H groups in total. The van der Waals surface area contributed by atoms with Crippen molar-refractivity contribution in [2.24, 2.45) is 53.3 Å². The quantitative estimate of drug-likeness (QED) is 0.330. The average Bonchev–Trinajstić information content (AvgIpc) is 3.39. The number of hydrogen-bond acceptors (Lipinski definition) is 0. The van der Waals surface area contributed by atoms with Crippen LogP contribution in [0.25, 0.3) is 0 Å². The molecule has 2 bridgehead atoms. The minimum atomic E-state index is 0.748. The lowest BCUT2D eigenvalue weighted by atomic mass is 9.75. The summed E-state index contributed by atoms with van der Waals surface area (Å²) >= 11 is 0. The lowest BCUT2D eigenvalue weighted by Crippen LogP contribution is -2.23. The summed E-state index contributed by atoms with van der Waals surface area (Å²) in [7, 11) is 0. The summed E-state index contributed by atoms with van der Waals surface area (Å²) in [4.78, 5) is 0. The summed E-state index contributed by atoms with van der Waals surface area (Å²) < 4.78 is 0. The van der Waals surface area contributed by atoms with Crippen molar-refractivity contribution in [3.63, 3.8) is 0 Å². The Bertz CT molecular complexity index is 540. The van der Waals surface area contributed by atoms with E-state index < -0.39 is 0 Å². The summed E-state index contributed by atoms with van der Waals surface area (Å²) in [6.07, 6.45) is 25.5. The van der Waals surface area contributed by atoms with Crippen LogP contribution >= 0.6 is 0 Å². The summed E-state index contributed by atoms with van der Waals surface area (Å²) in [6.45, 7) is 8.77. The summed E-state index contributed by atoms with van der Waals surface area (Å²) in [5.41, 5.74) is 0. The highest BCUT2D eigenvalue weighted by Crippen LogP contribution is 2.63. The van der Waals surface area contributed by atoms with Gasteiger partial charge in [-0.3, -0.25) is 0 Å². The maximum atomic E-state index is 4.05. The first-order valence-electron chi connectivity index (χ1n) is 11.7. The molecule has 0 heterocycles. The standard InChI is InChI=1S/C26H40/c1-4-6-7-8-9-21-16-22(26-24-13-12-23(17-24)25(21)26)11-10-19-14-18(3)20(5-2)15-19/h5,8-11,18-26H,2,4,6-7,12-17H2,1,3H3/b9-8+,11-10-. The zero-order chi connectivity index (χ0) is 18.1. The Morgan fingerprint density at radius 3 is 2.23 bits per heavy atom. The molecular formula is C26H40. The third-order valence-electron chi connectivity index (χ3n) is 8.60. The van der Waals surface area contributed by atoms with Crippen LogP contribution < -0.4 is 0 Å². The van der Waals surface area contributed by atoms with E-state index in [0.29, 0.717) is 0 Å². The second kappa shape index (κ2) is 8.07. The Hall–Kier alpha value is -0.780. The molecule has 0 saturated heterocycles. The normalized spacial score (nSPS) is 47.4. The summed E-state index contributed by atoms with van der Waals surface area (Å²) in [5, 5.41) is 0. The summed E-state index contributed by atoms with van der Waals surface area (Å²) in [5.74, 6) is 8.28. The molecule has 0 aliphatic heterocycles. The molecule has 0 aromatic carbocycles. The van der Waals surface area contributed by atoms with E-state index in [-0.39, 0.29) is 0 Å². The first-order valence-corrected chi connectivity index (χ1v) is 11.7. The molecule has 4 fully saturated rings. The number of rotatable bonds is 7. The smallest absolute Gasteiger partial charge is 0.0194 e. The maximum Gasteiger partial charge on any atom is -0.0194 e.